The van der Waals surface area contributed by atoms with Crippen LogP contribution in [0.3, 0.4) is 0 Å². The van der Waals surface area contributed by atoms with Crippen molar-refractivity contribution in [2.75, 3.05) is 33.6 Å². The molecule has 1 N–H and O–H groups in total. The third kappa shape index (κ3) is 5.84. The Morgan fingerprint density at radius 3 is 2.15 bits per heavy atom. The number of carbonyl (C=O) groups is 1. The number of rotatable bonds is 8. The van der Waals surface area contributed by atoms with E-state index in [1.807, 2.05) is 0 Å². The molecular weight excluding hydrogens is 368 g/mol. The van der Waals surface area contributed by atoms with Gasteiger partial charge in [0.25, 0.3) is 5.91 Å². The summed E-state index contributed by atoms with van der Waals surface area (Å²) in [4.78, 5) is 12.6. The molecule has 0 atom stereocenters. The zero-order valence-corrected chi connectivity index (χ0v) is 17.2. The first-order valence-corrected chi connectivity index (χ1v) is 11.2. The number of sulfonamides is 1. The van der Waals surface area contributed by atoms with Crippen molar-refractivity contribution < 1.29 is 22.7 Å². The van der Waals surface area contributed by atoms with Crippen LogP contribution >= 0.6 is 0 Å². The fraction of sp³-hybridized carbons (Fsp3) is 0.632. The predicted octanol–water partition coefficient (Wildman–Crippen LogP) is 2.42. The Morgan fingerprint density at radius 1 is 1.11 bits per heavy atom. The van der Waals surface area contributed by atoms with Crippen molar-refractivity contribution in [3.05, 3.63) is 23.8 Å². The van der Waals surface area contributed by atoms with Crippen LogP contribution in [0, 0.1) is 0 Å². The Bertz CT molecular complexity index is 705. The second kappa shape index (κ2) is 9.94. The van der Waals surface area contributed by atoms with Gasteiger partial charge in [0.15, 0.2) is 0 Å². The Morgan fingerprint density at radius 2 is 1.67 bits per heavy atom. The topological polar surface area (TPSA) is 84.9 Å². The molecule has 0 radical (unpaired) electrons. The summed E-state index contributed by atoms with van der Waals surface area (Å²) in [5.41, 5.74) is 0.308. The highest BCUT2D eigenvalue weighted by Gasteiger charge is 2.27. The summed E-state index contributed by atoms with van der Waals surface area (Å²) in [7, 11) is -0.358. The molecular formula is C19H30N2O5S. The second-order valence-electron chi connectivity index (χ2n) is 6.81. The van der Waals surface area contributed by atoms with Crippen LogP contribution in [0.5, 0.6) is 11.5 Å². The lowest BCUT2D eigenvalue weighted by molar-refractivity contribution is 0.0943. The molecule has 152 valence electrons. The number of amides is 1. The van der Waals surface area contributed by atoms with E-state index < -0.39 is 10.0 Å². The summed E-state index contributed by atoms with van der Waals surface area (Å²) in [6.07, 6.45) is 7.38. The number of methoxy groups -OCH3 is 2. The lowest BCUT2D eigenvalue weighted by atomic mass is 10.1. The van der Waals surface area contributed by atoms with Crippen LogP contribution in [-0.2, 0) is 10.0 Å². The van der Waals surface area contributed by atoms with Crippen LogP contribution in [0.4, 0.5) is 0 Å². The van der Waals surface area contributed by atoms with Gasteiger partial charge in [-0.3, -0.25) is 4.79 Å². The maximum atomic E-state index is 12.6. The molecule has 0 spiro atoms. The highest BCUT2D eigenvalue weighted by Crippen LogP contribution is 2.28. The maximum Gasteiger partial charge on any atom is 0.258 e. The van der Waals surface area contributed by atoms with Gasteiger partial charge in [0, 0.05) is 19.1 Å². The smallest absolute Gasteiger partial charge is 0.258 e. The minimum atomic E-state index is -3.34. The van der Waals surface area contributed by atoms with Crippen molar-refractivity contribution in [3.63, 3.8) is 0 Å². The SMILES string of the molecule is COc1cccc(OC)c1C(=O)NCCN(C1CCCCCC1)S(C)(=O)=O. The third-order valence-electron chi connectivity index (χ3n) is 4.93. The highest BCUT2D eigenvalue weighted by molar-refractivity contribution is 7.88. The van der Waals surface area contributed by atoms with Crippen molar-refractivity contribution >= 4 is 15.9 Å². The van der Waals surface area contributed by atoms with Crippen molar-refractivity contribution in [1.29, 1.82) is 0 Å². The molecule has 2 rings (SSSR count). The van der Waals surface area contributed by atoms with Gasteiger partial charge < -0.3 is 14.8 Å². The maximum absolute atomic E-state index is 12.6. The summed E-state index contributed by atoms with van der Waals surface area (Å²) in [5, 5.41) is 2.80. The van der Waals surface area contributed by atoms with Crippen LogP contribution < -0.4 is 14.8 Å². The zero-order valence-electron chi connectivity index (χ0n) is 16.4. The van der Waals surface area contributed by atoms with E-state index in [0.717, 1.165) is 38.5 Å². The fourth-order valence-electron chi connectivity index (χ4n) is 3.61. The third-order valence-corrected chi connectivity index (χ3v) is 6.26. The average Bonchev–Trinajstić information content (AvgIpc) is 2.92. The Kier molecular flexibility index (Phi) is 7.91. The summed E-state index contributed by atoms with van der Waals surface area (Å²) >= 11 is 0. The van der Waals surface area contributed by atoms with Gasteiger partial charge in [-0.1, -0.05) is 31.7 Å². The van der Waals surface area contributed by atoms with Crippen LogP contribution in [-0.4, -0.2) is 58.2 Å². The molecule has 1 saturated carbocycles. The van der Waals surface area contributed by atoms with Crippen LogP contribution in [0.2, 0.25) is 0 Å². The van der Waals surface area contributed by atoms with Gasteiger partial charge in [0.1, 0.15) is 17.1 Å². The molecule has 1 aromatic carbocycles. The van der Waals surface area contributed by atoms with E-state index in [1.54, 1.807) is 18.2 Å². The predicted molar refractivity (Wildman–Crippen MR) is 105 cm³/mol. The first-order chi connectivity index (χ1) is 12.9. The molecule has 0 saturated heterocycles. The molecule has 0 unspecified atom stereocenters. The normalized spacial score (nSPS) is 16.0. The van der Waals surface area contributed by atoms with E-state index in [2.05, 4.69) is 5.32 Å². The number of hydrogen-bond acceptors (Lipinski definition) is 5. The molecule has 1 aliphatic rings. The standard InChI is InChI=1S/C19H30N2O5S/c1-25-16-11-8-12-17(26-2)18(16)19(22)20-13-14-21(27(3,23)24)15-9-6-4-5-7-10-15/h8,11-12,15H,4-7,9-10,13-14H2,1-3H3,(H,20,22). The molecule has 27 heavy (non-hydrogen) atoms. The lowest BCUT2D eigenvalue weighted by Gasteiger charge is -2.29. The monoisotopic (exact) mass is 398 g/mol. The minimum absolute atomic E-state index is 0.0141. The van der Waals surface area contributed by atoms with Gasteiger partial charge in [-0.15, -0.1) is 0 Å². The number of carbonyl (C=O) groups excluding carboxylic acids is 1. The van der Waals surface area contributed by atoms with E-state index in [4.69, 9.17) is 9.47 Å². The fourth-order valence-corrected chi connectivity index (χ4v) is 4.78. The van der Waals surface area contributed by atoms with Gasteiger partial charge in [-0.05, 0) is 25.0 Å². The Labute approximate surface area is 162 Å². The number of nitrogens with one attached hydrogen (secondary N) is 1. The van der Waals surface area contributed by atoms with Crippen molar-refractivity contribution in [1.82, 2.24) is 9.62 Å². The van der Waals surface area contributed by atoms with E-state index in [9.17, 15) is 13.2 Å². The summed E-state index contributed by atoms with van der Waals surface area (Å²) < 4.78 is 36.6. The number of nitrogens with zero attached hydrogens (tertiary/aromatic N) is 1. The van der Waals surface area contributed by atoms with E-state index in [1.165, 1.54) is 24.8 Å². The molecule has 0 heterocycles. The van der Waals surface area contributed by atoms with E-state index in [0.29, 0.717) is 17.1 Å². The van der Waals surface area contributed by atoms with Crippen LogP contribution in [0.25, 0.3) is 0 Å². The molecule has 0 bridgehead atoms. The van der Waals surface area contributed by atoms with Crippen molar-refractivity contribution in [3.8, 4) is 11.5 Å². The molecule has 1 aromatic rings. The Hall–Kier alpha value is -1.80. The number of hydrogen-bond donors (Lipinski definition) is 1. The molecule has 0 aromatic heterocycles. The zero-order chi connectivity index (χ0) is 19.9. The second-order valence-corrected chi connectivity index (χ2v) is 8.75. The average molecular weight is 399 g/mol. The molecule has 1 fully saturated rings. The van der Waals surface area contributed by atoms with Crippen molar-refractivity contribution in [2.45, 2.75) is 44.6 Å². The molecule has 1 amide bonds. The summed E-state index contributed by atoms with van der Waals surface area (Å²) in [5.74, 6) is 0.477. The first-order valence-electron chi connectivity index (χ1n) is 9.34. The van der Waals surface area contributed by atoms with E-state index >= 15 is 0 Å². The van der Waals surface area contributed by atoms with Gasteiger partial charge in [-0.2, -0.15) is 4.31 Å². The molecule has 7 nitrogen and oxygen atoms in total. The quantitative estimate of drug-likeness (QED) is 0.680. The molecule has 1 aliphatic carbocycles. The largest absolute Gasteiger partial charge is 0.496 e. The van der Waals surface area contributed by atoms with Gasteiger partial charge in [0.2, 0.25) is 10.0 Å². The molecule has 0 aliphatic heterocycles. The number of benzene rings is 1. The minimum Gasteiger partial charge on any atom is -0.496 e. The summed E-state index contributed by atoms with van der Waals surface area (Å²) in [6, 6.07) is 5.13. The highest BCUT2D eigenvalue weighted by atomic mass is 32.2. The van der Waals surface area contributed by atoms with Gasteiger partial charge in [0.05, 0.1) is 20.5 Å². The van der Waals surface area contributed by atoms with Crippen LogP contribution in [0.15, 0.2) is 18.2 Å². The van der Waals surface area contributed by atoms with Crippen LogP contribution in [0.1, 0.15) is 48.9 Å². The first kappa shape index (κ1) is 21.5. The van der Waals surface area contributed by atoms with Gasteiger partial charge >= 0.3 is 0 Å². The summed E-state index contributed by atoms with van der Waals surface area (Å²) in [6.45, 7) is 0.482. The Balaban J connectivity index is 2.05. The lowest BCUT2D eigenvalue weighted by Crippen LogP contribution is -2.44. The number of ether oxygens (including phenoxy) is 2. The van der Waals surface area contributed by atoms with E-state index in [-0.39, 0.29) is 25.0 Å². The van der Waals surface area contributed by atoms with Crippen molar-refractivity contribution in [2.24, 2.45) is 0 Å². The van der Waals surface area contributed by atoms with Gasteiger partial charge in [-0.25, -0.2) is 8.42 Å². The molecule has 8 heteroatoms.